The van der Waals surface area contributed by atoms with Crippen molar-refractivity contribution in [1.82, 2.24) is 114 Å². The van der Waals surface area contributed by atoms with E-state index in [-0.39, 0.29) is 55.5 Å². The van der Waals surface area contributed by atoms with Gasteiger partial charge in [-0.3, -0.25) is 39.2 Å². The van der Waals surface area contributed by atoms with E-state index < -0.39 is 35.2 Å². The standard InChI is InChI=1S/C27H25FN6O3.C26H23FN6O4.C25H21FN6O3.C23H17FN6O3/c1-35-20-4-5-21-24(15-20)29-9-8-25(21)37-17-27-31-30-26-7-6-23(32-34(26)27)18-2-3-19(22(28)14-18)16-33-10-12-36-13-11-33;1-35-12-11-29-26(34)18-5-3-16(13-20(18)27)21-7-8-24-30-31-25(33(24)32-21)15-37-23-9-10-28-22-14-17(36-2)4-6-19(22)23;1-31(2)25(33)17-6-4-15(12-19(17)26)20-8-9-23-28-29-24(32(23)30-20)14-35-22-10-11-27-21-13-16(34-3)5-7-18(21)22;1-32-14-3-5-16-19(11-14)26-9-8-20(16)33-12-22-28-27-21-7-6-18(29-30(21)22)13-2-4-15(23(25)31)17(24)10-13/h2-9,14-15H,10-13,16-17H2,1H3;3-10,13-14H,11-12,15H2,1-2H3,(H,29,34);4-13H,14H2,1-3H3;2-11H,12H2,1H3,(H2,25,31). The monoisotopic (exact) mass is 1920 g/mol. The number of nitrogens with one attached hydrogen (secondary N) is 1. The van der Waals surface area contributed by atoms with E-state index in [1.807, 2.05) is 97.1 Å². The molecule has 0 bridgehead atoms. The van der Waals surface area contributed by atoms with Gasteiger partial charge < -0.3 is 63.3 Å². The van der Waals surface area contributed by atoms with Crippen LogP contribution in [0.25, 0.3) is 111 Å². The molecule has 1 fully saturated rings. The van der Waals surface area contributed by atoms with Gasteiger partial charge in [0.05, 0.1) is 110 Å². The van der Waals surface area contributed by atoms with Crippen LogP contribution in [0.15, 0.2) is 243 Å². The average molecular weight is 1920 g/mol. The molecule has 37 nitrogen and oxygen atoms in total. The first kappa shape index (κ1) is 94.4. The minimum absolute atomic E-state index is 0.000381. The molecule has 1 saturated heterocycles. The summed E-state index contributed by atoms with van der Waals surface area (Å²) in [6, 6.07) is 61.4. The molecule has 716 valence electrons. The van der Waals surface area contributed by atoms with Crippen molar-refractivity contribution >= 4 is 83.9 Å². The second-order valence-corrected chi connectivity index (χ2v) is 31.9. The molecular weight excluding hydrogens is 1830 g/mol. The maximum Gasteiger partial charge on any atom is 0.256 e. The fourth-order valence-electron chi connectivity index (χ4n) is 15.3. The van der Waals surface area contributed by atoms with Crippen molar-refractivity contribution in [3.8, 4) is 91.0 Å². The first-order chi connectivity index (χ1) is 69.2. The van der Waals surface area contributed by atoms with Crippen LogP contribution in [-0.4, -0.2) is 216 Å². The predicted octanol–water partition coefficient (Wildman–Crippen LogP) is 14.3. The van der Waals surface area contributed by atoms with Gasteiger partial charge in [0, 0.05) is 146 Å². The van der Waals surface area contributed by atoms with E-state index in [2.05, 4.69) is 91.3 Å². The number of hydrogen-bond donors (Lipinski definition) is 2. The lowest BCUT2D eigenvalue weighted by atomic mass is 10.1. The SMILES string of the molecule is COCCNC(=O)c1ccc(-c2ccc3nnc(COc4ccnc5cc(OC)ccc45)n3n2)cc1F.COc1ccc2c(OCc3nnc4ccc(-c5ccc(C(=O)N(C)C)c(F)c5)nn34)ccnc2c1.COc1ccc2c(OCc3nnc4ccc(-c5ccc(C(N)=O)c(F)c5)nn34)ccnc2c1.COc1ccc2c(OCc3nnc4ccc(-c5ccc(CN6CCOCC6)c(F)c5)nn34)ccnc2c1. The van der Waals surface area contributed by atoms with Crippen LogP contribution < -0.4 is 48.9 Å². The Kier molecular flexibility index (Phi) is 28.4. The third-order valence-electron chi connectivity index (χ3n) is 22.8. The number of ether oxygens (including phenoxy) is 10. The largest absolute Gasteiger partial charge is 0.497 e. The summed E-state index contributed by atoms with van der Waals surface area (Å²) in [6.45, 7) is 4.61. The second-order valence-electron chi connectivity index (χ2n) is 31.9. The topological polar surface area (TPSA) is 412 Å². The molecule has 1 aliphatic heterocycles. The van der Waals surface area contributed by atoms with Crippen LogP contribution in [0.4, 0.5) is 17.6 Å². The summed E-state index contributed by atoms with van der Waals surface area (Å²) >= 11 is 0. The van der Waals surface area contributed by atoms with Crippen molar-refractivity contribution in [1.29, 1.82) is 0 Å². The smallest absolute Gasteiger partial charge is 0.256 e. The number of benzene rings is 8. The molecule has 8 aromatic carbocycles. The van der Waals surface area contributed by atoms with Gasteiger partial charge in [-0.25, -0.2) is 17.6 Å². The number of morpholine rings is 1. The van der Waals surface area contributed by atoms with Gasteiger partial charge in [-0.2, -0.15) is 38.5 Å². The van der Waals surface area contributed by atoms with E-state index in [1.54, 1.807) is 160 Å². The Morgan fingerprint density at radius 3 is 1.01 bits per heavy atom. The molecule has 3 amide bonds. The van der Waals surface area contributed by atoms with Crippen LogP contribution in [0.2, 0.25) is 0 Å². The summed E-state index contributed by atoms with van der Waals surface area (Å²) in [5.41, 5.74) is 15.0. The number of hydrogen-bond acceptors (Lipinski definition) is 30. The first-order valence-corrected chi connectivity index (χ1v) is 44.1. The number of rotatable bonds is 28. The number of aromatic nitrogens is 20. The summed E-state index contributed by atoms with van der Waals surface area (Å²) in [7, 11) is 11.1. The maximum atomic E-state index is 15.0. The number of fused-ring (bicyclic) bond motifs is 8. The number of halogens is 4. The van der Waals surface area contributed by atoms with Gasteiger partial charge in [-0.1, -0.05) is 30.3 Å². The minimum Gasteiger partial charge on any atom is -0.497 e. The van der Waals surface area contributed by atoms with Crippen LogP contribution in [0.5, 0.6) is 46.0 Å². The lowest BCUT2D eigenvalue weighted by molar-refractivity contribution is 0.0337. The van der Waals surface area contributed by atoms with E-state index >= 15 is 0 Å². The highest BCUT2D eigenvalue weighted by atomic mass is 19.1. The van der Waals surface area contributed by atoms with Gasteiger partial charge in [-0.15, -0.1) is 40.8 Å². The average Bonchev–Trinajstić information content (AvgIpc) is 1.66. The summed E-state index contributed by atoms with van der Waals surface area (Å²) in [6.07, 6.45) is 6.66. The number of carbonyl (C=O) groups excluding carboxylic acids is 3. The van der Waals surface area contributed by atoms with Gasteiger partial charge in [0.1, 0.15) is 95.7 Å². The fraction of sp³-hybridized carbons (Fsp3) is 0.178. The zero-order valence-corrected chi connectivity index (χ0v) is 77.1. The van der Waals surface area contributed by atoms with Gasteiger partial charge in [0.15, 0.2) is 45.9 Å². The quantitative estimate of drug-likeness (QED) is 0.0340. The van der Waals surface area contributed by atoms with Crippen LogP contribution in [-0.2, 0) is 42.4 Å². The molecule has 21 rings (SSSR count). The van der Waals surface area contributed by atoms with Gasteiger partial charge in [0.2, 0.25) is 0 Å². The Balaban J connectivity index is 0.000000125. The number of primary amides is 1. The Hall–Kier alpha value is -18.0. The van der Waals surface area contributed by atoms with Crippen molar-refractivity contribution in [3.63, 3.8) is 0 Å². The molecule has 0 aliphatic carbocycles. The lowest BCUT2D eigenvalue weighted by Gasteiger charge is -2.26. The predicted molar refractivity (Wildman–Crippen MR) is 512 cm³/mol. The molecule has 1 aliphatic rings. The van der Waals surface area contributed by atoms with E-state index in [1.165, 1.54) is 59.0 Å². The zero-order valence-electron chi connectivity index (χ0n) is 77.1. The van der Waals surface area contributed by atoms with Crippen LogP contribution >= 0.6 is 0 Å². The number of pyridine rings is 4. The van der Waals surface area contributed by atoms with Crippen molar-refractivity contribution in [2.75, 3.05) is 89.1 Å². The molecule has 12 aromatic heterocycles. The zero-order chi connectivity index (χ0) is 98.4. The highest BCUT2D eigenvalue weighted by Gasteiger charge is 2.24. The van der Waals surface area contributed by atoms with Crippen molar-refractivity contribution in [2.45, 2.75) is 33.0 Å². The Bertz CT molecular complexity index is 8110. The Morgan fingerprint density at radius 2 is 0.704 bits per heavy atom. The van der Waals surface area contributed by atoms with Crippen LogP contribution in [0, 0.1) is 23.3 Å². The molecule has 0 atom stereocenters. The molecule has 20 aromatic rings. The van der Waals surface area contributed by atoms with E-state index in [4.69, 9.17) is 53.1 Å². The third kappa shape index (κ3) is 21.1. The van der Waals surface area contributed by atoms with E-state index in [0.29, 0.717) is 163 Å². The normalized spacial score (nSPS) is 11.9. The first-order valence-electron chi connectivity index (χ1n) is 44.1. The van der Waals surface area contributed by atoms with E-state index in [9.17, 15) is 31.9 Å². The molecule has 0 saturated carbocycles. The third-order valence-corrected chi connectivity index (χ3v) is 22.8. The molecule has 13 heterocycles. The van der Waals surface area contributed by atoms with E-state index in [0.717, 1.165) is 62.5 Å². The number of nitrogens with two attached hydrogens (primary N) is 1. The summed E-state index contributed by atoms with van der Waals surface area (Å²) < 4.78 is 120. The maximum absolute atomic E-state index is 15.0. The second kappa shape index (κ2) is 42.7. The molecule has 3 N–H and O–H groups in total. The highest BCUT2D eigenvalue weighted by molar-refractivity contribution is 5.96. The molecular formula is C101H86F4N24O13. The number of methoxy groups -OCH3 is 5. The molecule has 0 radical (unpaired) electrons. The van der Waals surface area contributed by atoms with Gasteiger partial charge in [-0.05, 0) is 164 Å². The Morgan fingerprint density at radius 1 is 0.380 bits per heavy atom. The van der Waals surface area contributed by atoms with Crippen molar-refractivity contribution in [2.24, 2.45) is 5.73 Å². The van der Waals surface area contributed by atoms with Crippen molar-refractivity contribution < 1.29 is 79.3 Å². The molecule has 0 spiro atoms. The lowest BCUT2D eigenvalue weighted by Crippen LogP contribution is -2.35. The number of carbonyl (C=O) groups is 3. The summed E-state index contributed by atoms with van der Waals surface area (Å²) in [5.74, 6) is 3.33. The highest BCUT2D eigenvalue weighted by Crippen LogP contribution is 2.35. The van der Waals surface area contributed by atoms with Gasteiger partial charge in [0.25, 0.3) is 17.7 Å². The van der Waals surface area contributed by atoms with Crippen LogP contribution in [0.3, 0.4) is 0 Å². The molecule has 0 unspecified atom stereocenters. The minimum atomic E-state index is -0.831. The van der Waals surface area contributed by atoms with Crippen molar-refractivity contribution in [3.05, 3.63) is 312 Å². The summed E-state index contributed by atoms with van der Waals surface area (Å²) in [4.78, 5) is 56.6. The molecule has 142 heavy (non-hydrogen) atoms. The Labute approximate surface area is 804 Å². The van der Waals surface area contributed by atoms with Gasteiger partial charge >= 0.3 is 0 Å². The molecule has 41 heteroatoms. The summed E-state index contributed by atoms with van der Waals surface area (Å²) in [5, 5.41) is 57.7. The number of amides is 3. The number of nitrogens with zero attached hydrogens (tertiary/aromatic N) is 22. The van der Waals surface area contributed by atoms with Crippen LogP contribution in [0.1, 0.15) is 59.9 Å². The fourth-order valence-corrected chi connectivity index (χ4v) is 15.3.